The van der Waals surface area contributed by atoms with Crippen molar-refractivity contribution >= 4 is 0 Å². The lowest BCUT2D eigenvalue weighted by Gasteiger charge is -2.37. The fraction of sp³-hybridized carbons (Fsp3) is 1.00. The van der Waals surface area contributed by atoms with E-state index in [9.17, 15) is 0 Å². The van der Waals surface area contributed by atoms with Crippen molar-refractivity contribution in [2.75, 3.05) is 32.8 Å². The molecule has 0 bridgehead atoms. The zero-order valence-corrected chi connectivity index (χ0v) is 7.68. The van der Waals surface area contributed by atoms with Gasteiger partial charge in [-0.3, -0.25) is 0 Å². The van der Waals surface area contributed by atoms with E-state index < -0.39 is 0 Å². The Morgan fingerprint density at radius 2 is 2.18 bits per heavy atom. The van der Waals surface area contributed by atoms with Crippen LogP contribution in [0.15, 0.2) is 0 Å². The predicted molar refractivity (Wildman–Crippen MR) is 46.7 cm³/mol. The van der Waals surface area contributed by atoms with Crippen molar-refractivity contribution in [2.45, 2.75) is 20.3 Å². The summed E-state index contributed by atoms with van der Waals surface area (Å²) >= 11 is 0. The molecule has 1 aliphatic rings. The summed E-state index contributed by atoms with van der Waals surface area (Å²) in [5.41, 5.74) is 0. The lowest BCUT2D eigenvalue weighted by atomic mass is 10.0. The molecule has 66 valence electrons. The molecule has 1 saturated heterocycles. The second-order valence-corrected chi connectivity index (χ2v) is 3.42. The highest BCUT2D eigenvalue weighted by Gasteiger charge is 2.20. The highest BCUT2D eigenvalue weighted by Crippen LogP contribution is 2.13. The van der Waals surface area contributed by atoms with Gasteiger partial charge in [0.2, 0.25) is 0 Å². The molecule has 0 amide bonds. The first-order valence-corrected chi connectivity index (χ1v) is 4.63. The van der Waals surface area contributed by atoms with E-state index in [1.165, 1.54) is 26.1 Å². The minimum absolute atomic E-state index is 0.858. The minimum atomic E-state index is 0.858. The number of hydrogen-bond donors (Lipinski definition) is 0. The molecule has 11 heavy (non-hydrogen) atoms. The Morgan fingerprint density at radius 1 is 1.45 bits per heavy atom. The van der Waals surface area contributed by atoms with Gasteiger partial charge in [0.15, 0.2) is 0 Å². The van der Waals surface area contributed by atoms with Crippen LogP contribution in [-0.4, -0.2) is 37.7 Å². The normalized spacial score (nSPS) is 20.2. The number of likely N-dealkylation sites (tertiary alicyclic amines) is 1. The van der Waals surface area contributed by atoms with Crippen LogP contribution >= 0.6 is 0 Å². The molecular weight excluding hydrogens is 138 g/mol. The molecular formula is C9H19NO. The van der Waals surface area contributed by atoms with Gasteiger partial charge in [-0.05, 0) is 19.3 Å². The first kappa shape index (κ1) is 9.01. The average molecular weight is 157 g/mol. The third-order valence-electron chi connectivity index (χ3n) is 2.11. The van der Waals surface area contributed by atoms with E-state index in [-0.39, 0.29) is 0 Å². The molecule has 0 spiro atoms. The van der Waals surface area contributed by atoms with Crippen LogP contribution in [0.25, 0.3) is 0 Å². The van der Waals surface area contributed by atoms with Crippen LogP contribution in [0.2, 0.25) is 0 Å². The molecule has 1 heterocycles. The lowest BCUT2D eigenvalue weighted by molar-refractivity contribution is 0.0856. The summed E-state index contributed by atoms with van der Waals surface area (Å²) in [5, 5.41) is 0. The quantitative estimate of drug-likeness (QED) is 0.559. The highest BCUT2D eigenvalue weighted by molar-refractivity contribution is 4.75. The molecule has 0 aromatic carbocycles. The maximum Gasteiger partial charge on any atom is 0.0478 e. The van der Waals surface area contributed by atoms with Crippen LogP contribution < -0.4 is 0 Å². The average Bonchev–Trinajstić information content (AvgIpc) is 1.94. The highest BCUT2D eigenvalue weighted by atomic mass is 16.5. The first-order valence-electron chi connectivity index (χ1n) is 4.63. The zero-order valence-electron chi connectivity index (χ0n) is 7.68. The smallest absolute Gasteiger partial charge is 0.0478 e. The van der Waals surface area contributed by atoms with Crippen molar-refractivity contribution in [1.82, 2.24) is 4.90 Å². The number of ether oxygens (including phenoxy) is 1. The fourth-order valence-corrected chi connectivity index (χ4v) is 1.55. The van der Waals surface area contributed by atoms with Gasteiger partial charge in [-0.1, -0.05) is 6.92 Å². The third-order valence-corrected chi connectivity index (χ3v) is 2.11. The number of hydrogen-bond acceptors (Lipinski definition) is 2. The molecule has 0 atom stereocenters. The molecule has 0 saturated carbocycles. The van der Waals surface area contributed by atoms with Gasteiger partial charge in [-0.15, -0.1) is 0 Å². The summed E-state index contributed by atoms with van der Waals surface area (Å²) in [5.74, 6) is 0.932. The molecule has 1 aliphatic heterocycles. The van der Waals surface area contributed by atoms with Crippen molar-refractivity contribution in [2.24, 2.45) is 5.92 Å². The molecule has 0 aliphatic carbocycles. The lowest BCUT2D eigenvalue weighted by Crippen LogP contribution is -2.45. The third kappa shape index (κ3) is 3.21. The summed E-state index contributed by atoms with van der Waals surface area (Å²) in [6, 6.07) is 0. The van der Waals surface area contributed by atoms with Crippen LogP contribution in [-0.2, 0) is 4.74 Å². The van der Waals surface area contributed by atoms with E-state index >= 15 is 0 Å². The van der Waals surface area contributed by atoms with Crippen LogP contribution in [0.1, 0.15) is 20.3 Å². The summed E-state index contributed by atoms with van der Waals surface area (Å²) < 4.78 is 5.25. The second kappa shape index (κ2) is 4.73. The van der Waals surface area contributed by atoms with Gasteiger partial charge in [-0.25, -0.2) is 0 Å². The largest absolute Gasteiger partial charge is 0.382 e. The zero-order chi connectivity index (χ0) is 8.10. The van der Waals surface area contributed by atoms with E-state index in [0.29, 0.717) is 0 Å². The first-order chi connectivity index (χ1) is 5.33. The van der Waals surface area contributed by atoms with Gasteiger partial charge < -0.3 is 9.64 Å². The molecule has 2 heteroatoms. The Bertz CT molecular complexity index is 99.7. The van der Waals surface area contributed by atoms with Crippen LogP contribution in [0, 0.1) is 5.92 Å². The van der Waals surface area contributed by atoms with E-state index in [4.69, 9.17) is 4.74 Å². The molecule has 0 radical (unpaired) electrons. The Kier molecular flexibility index (Phi) is 3.87. The predicted octanol–water partition coefficient (Wildman–Crippen LogP) is 1.36. The van der Waals surface area contributed by atoms with Crippen LogP contribution in [0.5, 0.6) is 0 Å². The van der Waals surface area contributed by atoms with Crippen molar-refractivity contribution in [3.8, 4) is 0 Å². The van der Waals surface area contributed by atoms with E-state index in [2.05, 4.69) is 11.8 Å². The van der Waals surface area contributed by atoms with Gasteiger partial charge in [0.25, 0.3) is 0 Å². The van der Waals surface area contributed by atoms with Gasteiger partial charge >= 0.3 is 0 Å². The van der Waals surface area contributed by atoms with E-state index in [1.807, 2.05) is 6.92 Å². The van der Waals surface area contributed by atoms with Crippen LogP contribution in [0.3, 0.4) is 0 Å². The van der Waals surface area contributed by atoms with Crippen molar-refractivity contribution in [1.29, 1.82) is 0 Å². The maximum absolute atomic E-state index is 5.25. The van der Waals surface area contributed by atoms with Crippen LogP contribution in [0.4, 0.5) is 0 Å². The number of nitrogens with zero attached hydrogens (tertiary/aromatic N) is 1. The Labute approximate surface area is 69.5 Å². The van der Waals surface area contributed by atoms with Gasteiger partial charge in [0.05, 0.1) is 0 Å². The molecule has 0 aromatic heterocycles. The van der Waals surface area contributed by atoms with Crippen molar-refractivity contribution < 1.29 is 4.74 Å². The molecule has 0 N–H and O–H groups in total. The summed E-state index contributed by atoms with van der Waals surface area (Å²) in [6.45, 7) is 9.96. The summed E-state index contributed by atoms with van der Waals surface area (Å²) in [4.78, 5) is 2.49. The van der Waals surface area contributed by atoms with Crippen molar-refractivity contribution in [3.05, 3.63) is 0 Å². The van der Waals surface area contributed by atoms with Crippen molar-refractivity contribution in [3.63, 3.8) is 0 Å². The van der Waals surface area contributed by atoms with Gasteiger partial charge in [0, 0.05) is 32.8 Å². The van der Waals surface area contributed by atoms with Gasteiger partial charge in [0.1, 0.15) is 0 Å². The second-order valence-electron chi connectivity index (χ2n) is 3.42. The molecule has 2 nitrogen and oxygen atoms in total. The minimum Gasteiger partial charge on any atom is -0.382 e. The fourth-order valence-electron chi connectivity index (χ4n) is 1.55. The SMILES string of the molecule is CCOCCCN1CC(C)C1. The monoisotopic (exact) mass is 157 g/mol. The Morgan fingerprint density at radius 3 is 2.73 bits per heavy atom. The molecule has 1 fully saturated rings. The molecule has 0 unspecified atom stereocenters. The number of rotatable bonds is 5. The maximum atomic E-state index is 5.25. The topological polar surface area (TPSA) is 12.5 Å². The van der Waals surface area contributed by atoms with E-state index in [1.54, 1.807) is 0 Å². The summed E-state index contributed by atoms with van der Waals surface area (Å²) in [7, 11) is 0. The molecule has 1 rings (SSSR count). The molecule has 0 aromatic rings. The Hall–Kier alpha value is -0.0800. The van der Waals surface area contributed by atoms with Gasteiger partial charge in [-0.2, -0.15) is 0 Å². The standard InChI is InChI=1S/C9H19NO/c1-3-11-6-4-5-10-7-9(2)8-10/h9H,3-8H2,1-2H3. The Balaban J connectivity index is 1.81. The summed E-state index contributed by atoms with van der Waals surface area (Å²) in [6.07, 6.45) is 1.20. The van der Waals surface area contributed by atoms with E-state index in [0.717, 1.165) is 19.1 Å².